The molecule has 0 N–H and O–H groups in total. The lowest BCUT2D eigenvalue weighted by Gasteiger charge is -2.31. The number of aromatic nitrogens is 1. The molecule has 0 bridgehead atoms. The smallest absolute Gasteiger partial charge is 0.228 e. The van der Waals surface area contributed by atoms with Gasteiger partial charge in [0.05, 0.1) is 22.2 Å². The van der Waals surface area contributed by atoms with Crippen molar-refractivity contribution in [2.24, 2.45) is 16.8 Å². The van der Waals surface area contributed by atoms with Gasteiger partial charge in [0.25, 0.3) is 0 Å². The fourth-order valence-electron chi connectivity index (χ4n) is 3.41. The minimum absolute atomic E-state index is 0.286. The third kappa shape index (κ3) is 4.71. The van der Waals surface area contributed by atoms with Gasteiger partial charge in [-0.25, -0.2) is 4.98 Å². The molecule has 5 heteroatoms. The maximum absolute atomic E-state index is 6.21. The molecule has 0 saturated heterocycles. The molecule has 0 unspecified atom stereocenters. The number of halogens is 1. The highest BCUT2D eigenvalue weighted by atomic mass is 79.9. The molecule has 0 atom stereocenters. The second-order valence-corrected chi connectivity index (χ2v) is 7.79. The highest BCUT2D eigenvalue weighted by Crippen LogP contribution is 2.35. The van der Waals surface area contributed by atoms with E-state index in [2.05, 4.69) is 52.7 Å². The molecule has 1 fully saturated rings. The largest absolute Gasteiger partial charge is 0.474 e. The van der Waals surface area contributed by atoms with Crippen LogP contribution in [0, 0.1) is 18.8 Å². The summed E-state index contributed by atoms with van der Waals surface area (Å²) in [7, 11) is 1.78. The first-order valence-electron chi connectivity index (χ1n) is 8.98. The molecule has 1 aromatic rings. The monoisotopic (exact) mass is 395 g/mol. The SMILES string of the molecule is CCN(C=NC)c1cc(Br)c(OC2CCC(C(C)C)CC2)nc1C. The summed E-state index contributed by atoms with van der Waals surface area (Å²) < 4.78 is 7.13. The number of anilines is 1. The Bertz CT molecular complexity index is 566. The first-order chi connectivity index (χ1) is 11.5. The van der Waals surface area contributed by atoms with Crippen molar-refractivity contribution < 1.29 is 4.74 Å². The maximum atomic E-state index is 6.21. The van der Waals surface area contributed by atoms with E-state index in [1.165, 1.54) is 12.8 Å². The molecular formula is C19H30BrN3O. The third-order valence-corrected chi connectivity index (χ3v) is 5.52. The van der Waals surface area contributed by atoms with Crippen molar-refractivity contribution in [3.63, 3.8) is 0 Å². The van der Waals surface area contributed by atoms with Crippen LogP contribution in [0.1, 0.15) is 52.1 Å². The number of pyridine rings is 1. The average Bonchev–Trinajstić information content (AvgIpc) is 2.56. The molecule has 24 heavy (non-hydrogen) atoms. The normalized spacial score (nSPS) is 21.5. The first-order valence-corrected chi connectivity index (χ1v) is 9.78. The average molecular weight is 396 g/mol. The summed E-state index contributed by atoms with van der Waals surface area (Å²) in [5.74, 6) is 2.34. The molecule has 4 nitrogen and oxygen atoms in total. The topological polar surface area (TPSA) is 37.7 Å². The van der Waals surface area contributed by atoms with Gasteiger partial charge in [-0.05, 0) is 73.4 Å². The van der Waals surface area contributed by atoms with Crippen LogP contribution >= 0.6 is 15.9 Å². The van der Waals surface area contributed by atoms with Gasteiger partial charge in [0, 0.05) is 13.6 Å². The van der Waals surface area contributed by atoms with Crippen LogP contribution in [-0.4, -0.2) is 31.0 Å². The Kier molecular flexibility index (Phi) is 7.08. The molecule has 0 spiro atoms. The fourth-order valence-corrected chi connectivity index (χ4v) is 3.81. The summed E-state index contributed by atoms with van der Waals surface area (Å²) in [5.41, 5.74) is 2.02. The van der Waals surface area contributed by atoms with Crippen molar-refractivity contribution >= 4 is 28.0 Å². The van der Waals surface area contributed by atoms with Gasteiger partial charge in [-0.3, -0.25) is 4.99 Å². The van der Waals surface area contributed by atoms with E-state index in [1.807, 2.05) is 13.3 Å². The van der Waals surface area contributed by atoms with Crippen LogP contribution in [0.2, 0.25) is 0 Å². The Morgan fingerprint density at radius 3 is 2.58 bits per heavy atom. The van der Waals surface area contributed by atoms with Crippen LogP contribution < -0.4 is 9.64 Å². The van der Waals surface area contributed by atoms with Gasteiger partial charge in [0.15, 0.2) is 0 Å². The maximum Gasteiger partial charge on any atom is 0.228 e. The van der Waals surface area contributed by atoms with Crippen molar-refractivity contribution in [3.05, 3.63) is 16.2 Å². The minimum atomic E-state index is 0.286. The van der Waals surface area contributed by atoms with Crippen LogP contribution in [0.5, 0.6) is 5.88 Å². The van der Waals surface area contributed by atoms with E-state index in [9.17, 15) is 0 Å². The third-order valence-electron chi connectivity index (χ3n) is 4.95. The van der Waals surface area contributed by atoms with E-state index in [0.717, 1.165) is 47.1 Å². The van der Waals surface area contributed by atoms with Crippen LogP contribution in [0.15, 0.2) is 15.5 Å². The number of aryl methyl sites for hydroxylation is 1. The van der Waals surface area contributed by atoms with Gasteiger partial charge in [0.2, 0.25) is 5.88 Å². The lowest BCUT2D eigenvalue weighted by molar-refractivity contribution is 0.111. The quantitative estimate of drug-likeness (QED) is 0.488. The van der Waals surface area contributed by atoms with Crippen molar-refractivity contribution in [3.8, 4) is 5.88 Å². The predicted molar refractivity (Wildman–Crippen MR) is 105 cm³/mol. The van der Waals surface area contributed by atoms with Crippen LogP contribution in [0.3, 0.4) is 0 Å². The summed E-state index contributed by atoms with van der Waals surface area (Å²) in [6.45, 7) is 9.63. The molecule has 2 rings (SSSR count). The van der Waals surface area contributed by atoms with Gasteiger partial charge < -0.3 is 9.64 Å². The molecule has 0 amide bonds. The molecule has 0 aliphatic heterocycles. The number of rotatable bonds is 6. The molecule has 134 valence electrons. The zero-order valence-electron chi connectivity index (χ0n) is 15.6. The highest BCUT2D eigenvalue weighted by Gasteiger charge is 2.25. The second kappa shape index (κ2) is 8.84. The number of nitrogens with zero attached hydrogens (tertiary/aromatic N) is 3. The Morgan fingerprint density at radius 1 is 1.38 bits per heavy atom. The molecule has 0 radical (unpaired) electrons. The standard InChI is InChI=1S/C19H30BrN3O/c1-6-23(12-21-5)18-11-17(20)19(22-14(18)4)24-16-9-7-15(8-10-16)13(2)3/h11-13,15-16H,6-10H2,1-5H3. The van der Waals surface area contributed by atoms with Gasteiger partial charge in [-0.2, -0.15) is 0 Å². The number of aliphatic imine (C=N–C) groups is 1. The van der Waals surface area contributed by atoms with E-state index in [4.69, 9.17) is 9.72 Å². The molecule has 1 heterocycles. The summed E-state index contributed by atoms with van der Waals surface area (Å²) in [5, 5.41) is 0. The lowest BCUT2D eigenvalue weighted by atomic mass is 9.80. The number of ether oxygens (including phenoxy) is 1. The second-order valence-electron chi connectivity index (χ2n) is 6.94. The molecule has 1 aromatic heterocycles. The molecule has 1 saturated carbocycles. The van der Waals surface area contributed by atoms with Gasteiger partial charge in [-0.15, -0.1) is 0 Å². The lowest BCUT2D eigenvalue weighted by Crippen LogP contribution is -2.27. The Morgan fingerprint density at radius 2 is 2.04 bits per heavy atom. The Labute approximate surface area is 154 Å². The summed E-state index contributed by atoms with van der Waals surface area (Å²) in [6, 6.07) is 2.09. The van der Waals surface area contributed by atoms with E-state index < -0.39 is 0 Å². The molecular weight excluding hydrogens is 366 g/mol. The van der Waals surface area contributed by atoms with E-state index >= 15 is 0 Å². The van der Waals surface area contributed by atoms with Crippen molar-refractivity contribution in [2.75, 3.05) is 18.5 Å². The van der Waals surface area contributed by atoms with Crippen molar-refractivity contribution in [1.29, 1.82) is 0 Å². The van der Waals surface area contributed by atoms with Crippen LogP contribution in [0.4, 0.5) is 5.69 Å². The predicted octanol–water partition coefficient (Wildman–Crippen LogP) is 5.23. The van der Waals surface area contributed by atoms with E-state index in [-0.39, 0.29) is 6.10 Å². The number of hydrogen-bond donors (Lipinski definition) is 0. The van der Waals surface area contributed by atoms with Crippen LogP contribution in [-0.2, 0) is 0 Å². The Balaban J connectivity index is 2.08. The van der Waals surface area contributed by atoms with Crippen LogP contribution in [0.25, 0.3) is 0 Å². The van der Waals surface area contributed by atoms with E-state index in [0.29, 0.717) is 5.88 Å². The van der Waals surface area contributed by atoms with Gasteiger partial charge in [0.1, 0.15) is 6.10 Å². The fraction of sp³-hybridized carbons (Fsp3) is 0.684. The van der Waals surface area contributed by atoms with E-state index in [1.54, 1.807) is 7.05 Å². The summed E-state index contributed by atoms with van der Waals surface area (Å²) >= 11 is 3.63. The number of hydrogen-bond acceptors (Lipinski definition) is 3. The minimum Gasteiger partial charge on any atom is -0.474 e. The van der Waals surface area contributed by atoms with Crippen molar-refractivity contribution in [1.82, 2.24) is 4.98 Å². The molecule has 0 aromatic carbocycles. The summed E-state index contributed by atoms with van der Waals surface area (Å²) in [6.07, 6.45) is 6.89. The zero-order chi connectivity index (χ0) is 17.7. The molecule has 1 aliphatic carbocycles. The first kappa shape index (κ1) is 19.2. The van der Waals surface area contributed by atoms with Crippen molar-refractivity contribution in [2.45, 2.75) is 59.5 Å². The zero-order valence-corrected chi connectivity index (χ0v) is 17.1. The van der Waals surface area contributed by atoms with Gasteiger partial charge >= 0.3 is 0 Å². The molecule has 1 aliphatic rings. The Hall–Kier alpha value is -1.10. The summed E-state index contributed by atoms with van der Waals surface area (Å²) in [4.78, 5) is 10.9. The highest BCUT2D eigenvalue weighted by molar-refractivity contribution is 9.10. The van der Waals surface area contributed by atoms with Gasteiger partial charge in [-0.1, -0.05) is 13.8 Å².